The first kappa shape index (κ1) is 16.3. The topological polar surface area (TPSA) is 21.7 Å². The molecule has 3 aromatic carbocycles. The van der Waals surface area contributed by atoms with E-state index in [0.717, 1.165) is 17.1 Å². The van der Waals surface area contributed by atoms with Crippen LogP contribution in [0.25, 0.3) is 5.57 Å². The molecule has 0 fully saturated rings. The van der Waals surface area contributed by atoms with E-state index >= 15 is 0 Å². The molecule has 2 aliphatic heterocycles. The zero-order chi connectivity index (χ0) is 18.4. The molecule has 134 valence electrons. The molecule has 2 aliphatic rings. The molecule has 0 saturated carbocycles. The number of allylic oxidation sites excluding steroid dienone is 1. The quantitative estimate of drug-likeness (QED) is 0.511. The van der Waals surface area contributed by atoms with Crippen molar-refractivity contribution in [1.29, 1.82) is 0 Å². The van der Waals surface area contributed by atoms with Gasteiger partial charge in [-0.1, -0.05) is 42.5 Å². The summed E-state index contributed by atoms with van der Waals surface area (Å²) in [7, 11) is 0. The van der Waals surface area contributed by atoms with Gasteiger partial charge in [0.15, 0.2) is 11.5 Å². The number of rotatable bonds is 2. The zero-order valence-corrected chi connectivity index (χ0v) is 16.0. The SMILES string of the molecule is CC1=C(c2ccc3c(c2)OCO3)c2ccccc2SN1c1ccccc1C. The van der Waals surface area contributed by atoms with Crippen LogP contribution in [-0.4, -0.2) is 6.79 Å². The van der Waals surface area contributed by atoms with Gasteiger partial charge in [-0.25, -0.2) is 0 Å². The molecule has 2 heterocycles. The van der Waals surface area contributed by atoms with Crippen molar-refractivity contribution >= 4 is 23.2 Å². The summed E-state index contributed by atoms with van der Waals surface area (Å²) in [5.74, 6) is 1.62. The van der Waals surface area contributed by atoms with E-state index in [0.29, 0.717) is 6.79 Å². The molecule has 0 atom stereocenters. The molecular formula is C23H19NO2S. The Morgan fingerprint density at radius 2 is 1.63 bits per heavy atom. The molecule has 0 aromatic heterocycles. The highest BCUT2D eigenvalue weighted by Gasteiger charge is 2.27. The second-order valence-electron chi connectivity index (χ2n) is 6.70. The minimum Gasteiger partial charge on any atom is -0.454 e. The highest BCUT2D eigenvalue weighted by molar-refractivity contribution is 8.01. The van der Waals surface area contributed by atoms with E-state index in [2.05, 4.69) is 78.8 Å². The van der Waals surface area contributed by atoms with Crippen molar-refractivity contribution in [2.75, 3.05) is 11.1 Å². The van der Waals surface area contributed by atoms with Crippen LogP contribution in [0.5, 0.6) is 11.5 Å². The molecule has 0 bridgehead atoms. The molecule has 0 N–H and O–H groups in total. The lowest BCUT2D eigenvalue weighted by atomic mass is 9.95. The zero-order valence-electron chi connectivity index (χ0n) is 15.2. The van der Waals surface area contributed by atoms with Crippen molar-refractivity contribution in [1.82, 2.24) is 0 Å². The second kappa shape index (κ2) is 6.39. The smallest absolute Gasteiger partial charge is 0.231 e. The van der Waals surface area contributed by atoms with Crippen LogP contribution in [0.2, 0.25) is 0 Å². The standard InChI is InChI=1S/C23H19NO2S/c1-15-7-3-5-9-19(15)24-16(2)23(18-8-4-6-10-22(18)27-24)17-11-12-20-21(13-17)26-14-25-20/h3-13H,14H2,1-2H3. The molecule has 0 spiro atoms. The van der Waals surface area contributed by atoms with E-state index in [4.69, 9.17) is 9.47 Å². The van der Waals surface area contributed by atoms with E-state index in [9.17, 15) is 0 Å². The van der Waals surface area contributed by atoms with Gasteiger partial charge in [-0.05, 0) is 66.8 Å². The first-order valence-electron chi connectivity index (χ1n) is 8.96. The third-order valence-electron chi connectivity index (χ3n) is 5.01. The van der Waals surface area contributed by atoms with Crippen LogP contribution in [-0.2, 0) is 0 Å². The number of hydrogen-bond donors (Lipinski definition) is 0. The van der Waals surface area contributed by atoms with Crippen LogP contribution in [0.1, 0.15) is 23.6 Å². The first-order chi connectivity index (χ1) is 13.2. The van der Waals surface area contributed by atoms with E-state index in [1.807, 2.05) is 6.07 Å². The molecule has 0 radical (unpaired) electrons. The Balaban J connectivity index is 1.72. The summed E-state index contributed by atoms with van der Waals surface area (Å²) in [5, 5.41) is 0. The van der Waals surface area contributed by atoms with Crippen LogP contribution in [0, 0.1) is 6.92 Å². The molecule has 0 saturated heterocycles. The summed E-state index contributed by atoms with van der Waals surface area (Å²) >= 11 is 1.78. The first-order valence-corrected chi connectivity index (χ1v) is 9.74. The van der Waals surface area contributed by atoms with Crippen LogP contribution in [0.15, 0.2) is 77.3 Å². The Labute approximate surface area is 163 Å². The summed E-state index contributed by atoms with van der Waals surface area (Å²) < 4.78 is 13.4. The average Bonchev–Trinajstić information content (AvgIpc) is 3.16. The third kappa shape index (κ3) is 2.68. The number of aryl methyl sites for hydroxylation is 1. The van der Waals surface area contributed by atoms with Crippen molar-refractivity contribution in [3.05, 3.63) is 89.1 Å². The second-order valence-corrected chi connectivity index (χ2v) is 7.68. The molecule has 27 heavy (non-hydrogen) atoms. The van der Waals surface area contributed by atoms with Crippen LogP contribution in [0.3, 0.4) is 0 Å². The highest BCUT2D eigenvalue weighted by Crippen LogP contribution is 2.47. The summed E-state index contributed by atoms with van der Waals surface area (Å²) in [6, 6.07) is 23.3. The van der Waals surface area contributed by atoms with Gasteiger partial charge in [0.25, 0.3) is 0 Å². The molecule has 3 aromatic rings. The fraction of sp³-hybridized carbons (Fsp3) is 0.130. The van der Waals surface area contributed by atoms with Crippen molar-refractivity contribution < 1.29 is 9.47 Å². The lowest BCUT2D eigenvalue weighted by Gasteiger charge is -2.33. The molecule has 3 nitrogen and oxygen atoms in total. The van der Waals surface area contributed by atoms with Crippen molar-refractivity contribution in [2.45, 2.75) is 18.7 Å². The normalized spacial score (nSPS) is 15.1. The monoisotopic (exact) mass is 373 g/mol. The van der Waals surface area contributed by atoms with E-state index in [-0.39, 0.29) is 0 Å². The molecule has 4 heteroatoms. The number of benzene rings is 3. The fourth-order valence-corrected chi connectivity index (χ4v) is 4.79. The fourth-order valence-electron chi connectivity index (χ4n) is 3.65. The molecule has 0 aliphatic carbocycles. The van der Waals surface area contributed by atoms with Gasteiger partial charge in [0.2, 0.25) is 6.79 Å². The maximum absolute atomic E-state index is 5.62. The maximum atomic E-state index is 5.62. The lowest BCUT2D eigenvalue weighted by molar-refractivity contribution is 0.174. The molecular weight excluding hydrogens is 354 g/mol. The van der Waals surface area contributed by atoms with Gasteiger partial charge in [0.1, 0.15) is 0 Å². The van der Waals surface area contributed by atoms with Gasteiger partial charge in [-0.2, -0.15) is 0 Å². The predicted octanol–water partition coefficient (Wildman–Crippen LogP) is 6.03. The highest BCUT2D eigenvalue weighted by atomic mass is 32.2. The minimum atomic E-state index is 0.290. The predicted molar refractivity (Wildman–Crippen MR) is 110 cm³/mol. The Kier molecular flexibility index (Phi) is 3.87. The van der Waals surface area contributed by atoms with E-state index in [1.165, 1.54) is 33.0 Å². The van der Waals surface area contributed by atoms with Gasteiger partial charge < -0.3 is 9.47 Å². The number of para-hydroxylation sites is 1. The Hall–Kier alpha value is -2.85. The summed E-state index contributed by atoms with van der Waals surface area (Å²) in [6.45, 7) is 4.64. The van der Waals surface area contributed by atoms with Gasteiger partial charge in [0.05, 0.1) is 5.69 Å². The third-order valence-corrected chi connectivity index (χ3v) is 6.21. The maximum Gasteiger partial charge on any atom is 0.231 e. The minimum absolute atomic E-state index is 0.290. The lowest BCUT2D eigenvalue weighted by Crippen LogP contribution is -2.19. The number of nitrogens with zero attached hydrogens (tertiary/aromatic N) is 1. The number of anilines is 1. The summed E-state index contributed by atoms with van der Waals surface area (Å²) in [6.07, 6.45) is 0. The van der Waals surface area contributed by atoms with Crippen LogP contribution in [0.4, 0.5) is 5.69 Å². The molecule has 0 unspecified atom stereocenters. The Bertz CT molecular complexity index is 1070. The average molecular weight is 373 g/mol. The number of fused-ring (bicyclic) bond motifs is 2. The van der Waals surface area contributed by atoms with Crippen molar-refractivity contribution in [3.63, 3.8) is 0 Å². The molecule has 0 amide bonds. The largest absolute Gasteiger partial charge is 0.454 e. The Morgan fingerprint density at radius 3 is 2.52 bits per heavy atom. The van der Waals surface area contributed by atoms with Crippen molar-refractivity contribution in [2.24, 2.45) is 0 Å². The number of hydrogen-bond acceptors (Lipinski definition) is 4. The molecule has 5 rings (SSSR count). The van der Waals surface area contributed by atoms with Gasteiger partial charge in [-0.3, -0.25) is 4.31 Å². The van der Waals surface area contributed by atoms with Crippen LogP contribution < -0.4 is 13.8 Å². The van der Waals surface area contributed by atoms with E-state index in [1.54, 1.807) is 11.9 Å². The van der Waals surface area contributed by atoms with Gasteiger partial charge in [-0.15, -0.1) is 0 Å². The van der Waals surface area contributed by atoms with Gasteiger partial charge in [0, 0.05) is 16.2 Å². The number of ether oxygens (including phenoxy) is 2. The van der Waals surface area contributed by atoms with Crippen molar-refractivity contribution in [3.8, 4) is 11.5 Å². The van der Waals surface area contributed by atoms with Crippen LogP contribution >= 0.6 is 11.9 Å². The summed E-state index contributed by atoms with van der Waals surface area (Å²) in [5.41, 5.74) is 7.31. The Morgan fingerprint density at radius 1 is 0.852 bits per heavy atom. The van der Waals surface area contributed by atoms with Gasteiger partial charge >= 0.3 is 0 Å². The van der Waals surface area contributed by atoms with E-state index < -0.39 is 0 Å². The summed E-state index contributed by atoms with van der Waals surface area (Å²) in [4.78, 5) is 1.25.